The summed E-state index contributed by atoms with van der Waals surface area (Å²) >= 11 is 0. The number of aromatic nitrogens is 1. The lowest BCUT2D eigenvalue weighted by Crippen LogP contribution is -2.34. The maximum absolute atomic E-state index is 12.9. The molecule has 0 bridgehead atoms. The van der Waals surface area contributed by atoms with Crippen LogP contribution in [0.15, 0.2) is 42.6 Å². The summed E-state index contributed by atoms with van der Waals surface area (Å²) in [6.07, 6.45) is 3.54. The van der Waals surface area contributed by atoms with Crippen molar-refractivity contribution in [2.45, 2.75) is 32.4 Å². The van der Waals surface area contributed by atoms with Gasteiger partial charge in [0.05, 0.1) is 6.61 Å². The van der Waals surface area contributed by atoms with Gasteiger partial charge in [0.15, 0.2) is 0 Å². The van der Waals surface area contributed by atoms with E-state index in [1.54, 1.807) is 25.3 Å². The van der Waals surface area contributed by atoms with Gasteiger partial charge in [0.25, 0.3) is 0 Å². The molecule has 1 aliphatic carbocycles. The average Bonchev–Trinajstić information content (AvgIpc) is 3.44. The fourth-order valence-corrected chi connectivity index (χ4v) is 2.21. The summed E-state index contributed by atoms with van der Waals surface area (Å²) in [6, 6.07) is 9.24. The van der Waals surface area contributed by atoms with Gasteiger partial charge in [-0.05, 0) is 61.6 Å². The number of amides is 1. The fraction of sp³-hybridized carbons (Fsp3) is 0.368. The molecule has 1 aliphatic rings. The van der Waals surface area contributed by atoms with Crippen molar-refractivity contribution in [2.24, 2.45) is 5.92 Å². The number of pyridine rings is 1. The maximum atomic E-state index is 12.9. The largest absolute Gasteiger partial charge is 0.439 e. The van der Waals surface area contributed by atoms with Crippen LogP contribution in [0.1, 0.15) is 25.3 Å². The van der Waals surface area contributed by atoms with E-state index in [4.69, 9.17) is 9.47 Å². The van der Waals surface area contributed by atoms with Gasteiger partial charge in [0, 0.05) is 18.8 Å². The molecule has 0 radical (unpaired) electrons. The van der Waals surface area contributed by atoms with Crippen LogP contribution in [0.4, 0.5) is 4.39 Å². The fourth-order valence-electron chi connectivity index (χ4n) is 2.21. The van der Waals surface area contributed by atoms with E-state index in [-0.39, 0.29) is 11.7 Å². The van der Waals surface area contributed by atoms with Crippen molar-refractivity contribution >= 4 is 5.91 Å². The highest BCUT2D eigenvalue weighted by molar-refractivity contribution is 5.80. The van der Waals surface area contributed by atoms with Gasteiger partial charge in [0.2, 0.25) is 11.8 Å². The molecule has 1 aromatic carbocycles. The van der Waals surface area contributed by atoms with Crippen LogP contribution in [0.2, 0.25) is 0 Å². The van der Waals surface area contributed by atoms with Crippen LogP contribution in [-0.2, 0) is 16.1 Å². The van der Waals surface area contributed by atoms with Gasteiger partial charge >= 0.3 is 0 Å². The SMILES string of the molecule is C[C@H](OCC1CC1)C(=O)NCc1ccnc(Oc2ccc(F)cc2)c1. The molecule has 0 aliphatic heterocycles. The normalized spacial score (nSPS) is 14.8. The first-order valence-corrected chi connectivity index (χ1v) is 8.38. The highest BCUT2D eigenvalue weighted by Gasteiger charge is 2.23. The molecule has 0 spiro atoms. The Kier molecular flexibility index (Phi) is 5.60. The Bertz CT molecular complexity index is 717. The Hall–Kier alpha value is -2.47. The van der Waals surface area contributed by atoms with Crippen LogP contribution >= 0.6 is 0 Å². The lowest BCUT2D eigenvalue weighted by molar-refractivity contribution is -0.132. The second-order valence-corrected chi connectivity index (χ2v) is 6.20. The van der Waals surface area contributed by atoms with Crippen LogP contribution in [0.3, 0.4) is 0 Å². The minimum absolute atomic E-state index is 0.140. The highest BCUT2D eigenvalue weighted by Crippen LogP contribution is 2.29. The van der Waals surface area contributed by atoms with Crippen molar-refractivity contribution in [3.8, 4) is 11.6 Å². The van der Waals surface area contributed by atoms with Gasteiger partial charge in [-0.25, -0.2) is 9.37 Å². The third-order valence-corrected chi connectivity index (χ3v) is 3.95. The standard InChI is InChI=1S/C19H21FN2O3/c1-13(24-12-14-2-3-14)19(23)22-11-15-8-9-21-18(10-15)25-17-6-4-16(20)5-7-17/h4-10,13-14H,2-3,11-12H2,1H3,(H,22,23)/t13-/m0/s1. The number of carbonyl (C=O) groups excluding carboxylic acids is 1. The van der Waals surface area contributed by atoms with Crippen LogP contribution in [-0.4, -0.2) is 23.6 Å². The van der Waals surface area contributed by atoms with Crippen LogP contribution < -0.4 is 10.1 Å². The summed E-state index contributed by atoms with van der Waals surface area (Å²) in [4.78, 5) is 16.2. The first-order valence-electron chi connectivity index (χ1n) is 8.38. The topological polar surface area (TPSA) is 60.5 Å². The minimum atomic E-state index is -0.461. The molecule has 1 heterocycles. The molecule has 0 unspecified atom stereocenters. The zero-order valence-electron chi connectivity index (χ0n) is 14.1. The Morgan fingerprint density at radius 2 is 2.08 bits per heavy atom. The molecule has 1 N–H and O–H groups in total. The number of hydrogen-bond acceptors (Lipinski definition) is 4. The Morgan fingerprint density at radius 1 is 1.32 bits per heavy atom. The number of benzene rings is 1. The molecule has 1 saturated carbocycles. The zero-order chi connectivity index (χ0) is 17.6. The molecule has 2 aromatic rings. The number of rotatable bonds is 8. The van der Waals surface area contributed by atoms with Gasteiger partial charge in [-0.3, -0.25) is 4.79 Å². The lowest BCUT2D eigenvalue weighted by Gasteiger charge is -2.13. The summed E-state index contributed by atoms with van der Waals surface area (Å²) < 4.78 is 24.0. The molecule has 6 heteroatoms. The molecule has 5 nitrogen and oxygen atoms in total. The van der Waals surface area contributed by atoms with E-state index < -0.39 is 6.10 Å². The smallest absolute Gasteiger partial charge is 0.249 e. The van der Waals surface area contributed by atoms with Crippen molar-refractivity contribution in [1.29, 1.82) is 0 Å². The van der Waals surface area contributed by atoms with Crippen LogP contribution in [0.25, 0.3) is 0 Å². The van der Waals surface area contributed by atoms with Crippen molar-refractivity contribution in [2.75, 3.05) is 6.61 Å². The monoisotopic (exact) mass is 344 g/mol. The zero-order valence-corrected chi connectivity index (χ0v) is 14.1. The number of hydrogen-bond donors (Lipinski definition) is 1. The van der Waals surface area contributed by atoms with E-state index in [0.717, 1.165) is 5.56 Å². The number of halogens is 1. The third-order valence-electron chi connectivity index (χ3n) is 3.95. The lowest BCUT2D eigenvalue weighted by atomic mass is 10.2. The number of ether oxygens (including phenoxy) is 2. The summed E-state index contributed by atoms with van der Waals surface area (Å²) in [7, 11) is 0. The van der Waals surface area contributed by atoms with Gasteiger partial charge in [-0.2, -0.15) is 0 Å². The second-order valence-electron chi connectivity index (χ2n) is 6.20. The summed E-state index contributed by atoms with van der Waals surface area (Å²) in [5, 5.41) is 2.84. The predicted molar refractivity (Wildman–Crippen MR) is 90.7 cm³/mol. The average molecular weight is 344 g/mol. The van der Waals surface area contributed by atoms with Gasteiger partial charge in [-0.1, -0.05) is 0 Å². The van der Waals surface area contributed by atoms with Crippen molar-refractivity contribution in [3.63, 3.8) is 0 Å². The first kappa shape index (κ1) is 17.4. The van der Waals surface area contributed by atoms with Crippen molar-refractivity contribution < 1.29 is 18.7 Å². The van der Waals surface area contributed by atoms with Gasteiger partial charge < -0.3 is 14.8 Å². The summed E-state index contributed by atoms with van der Waals surface area (Å²) in [5.41, 5.74) is 0.856. The molecular weight excluding hydrogens is 323 g/mol. The molecule has 1 aromatic heterocycles. The Labute approximate surface area is 146 Å². The Morgan fingerprint density at radius 3 is 2.80 bits per heavy atom. The molecule has 1 amide bonds. The van der Waals surface area contributed by atoms with Gasteiger partial charge in [0.1, 0.15) is 17.7 Å². The third kappa shape index (κ3) is 5.53. The van der Waals surface area contributed by atoms with Crippen LogP contribution in [0, 0.1) is 11.7 Å². The molecular formula is C19H21FN2O3. The van der Waals surface area contributed by atoms with E-state index in [9.17, 15) is 9.18 Å². The van der Waals surface area contributed by atoms with E-state index in [1.165, 1.54) is 37.1 Å². The molecule has 25 heavy (non-hydrogen) atoms. The molecule has 1 fully saturated rings. The molecule has 132 valence electrons. The Balaban J connectivity index is 1.50. The quantitative estimate of drug-likeness (QED) is 0.797. The number of nitrogens with zero attached hydrogens (tertiary/aromatic N) is 1. The number of carbonyl (C=O) groups is 1. The van der Waals surface area contributed by atoms with E-state index in [2.05, 4.69) is 10.3 Å². The van der Waals surface area contributed by atoms with E-state index in [0.29, 0.717) is 30.7 Å². The van der Waals surface area contributed by atoms with E-state index in [1.807, 2.05) is 0 Å². The van der Waals surface area contributed by atoms with Crippen LogP contribution in [0.5, 0.6) is 11.6 Å². The maximum Gasteiger partial charge on any atom is 0.249 e. The minimum Gasteiger partial charge on any atom is -0.439 e. The van der Waals surface area contributed by atoms with Gasteiger partial charge in [-0.15, -0.1) is 0 Å². The van der Waals surface area contributed by atoms with Crippen molar-refractivity contribution in [3.05, 3.63) is 54.0 Å². The van der Waals surface area contributed by atoms with E-state index >= 15 is 0 Å². The summed E-state index contributed by atoms with van der Waals surface area (Å²) in [6.45, 7) is 2.77. The molecule has 0 saturated heterocycles. The molecule has 3 rings (SSSR count). The van der Waals surface area contributed by atoms with Crippen molar-refractivity contribution in [1.82, 2.24) is 10.3 Å². The molecule has 1 atom stereocenters. The first-order chi connectivity index (χ1) is 12.1. The second kappa shape index (κ2) is 8.07. The summed E-state index contributed by atoms with van der Waals surface area (Å²) in [5.74, 6) is 1.04. The highest BCUT2D eigenvalue weighted by atomic mass is 19.1. The predicted octanol–water partition coefficient (Wildman–Crippen LogP) is 3.44. The number of nitrogens with one attached hydrogen (secondary N) is 1.